The van der Waals surface area contributed by atoms with Crippen molar-refractivity contribution in [3.05, 3.63) is 46.1 Å². The number of amides is 2. The van der Waals surface area contributed by atoms with Gasteiger partial charge in [-0.15, -0.1) is 0 Å². The lowest BCUT2D eigenvalue weighted by molar-refractivity contribution is -0.119. The Morgan fingerprint density at radius 3 is 2.73 bits per heavy atom. The zero-order valence-corrected chi connectivity index (χ0v) is 15.1. The van der Waals surface area contributed by atoms with E-state index >= 15 is 0 Å². The van der Waals surface area contributed by atoms with Crippen molar-refractivity contribution >= 4 is 29.1 Å². The van der Waals surface area contributed by atoms with Gasteiger partial charge in [-0.05, 0) is 24.1 Å². The van der Waals surface area contributed by atoms with Crippen molar-refractivity contribution in [2.45, 2.75) is 25.4 Å². The third kappa shape index (κ3) is 4.42. The van der Waals surface area contributed by atoms with E-state index in [4.69, 9.17) is 22.7 Å². The van der Waals surface area contributed by atoms with Crippen molar-refractivity contribution < 1.29 is 9.59 Å². The molecule has 2 aliphatic rings. The van der Waals surface area contributed by atoms with E-state index in [1.165, 1.54) is 0 Å². The summed E-state index contributed by atoms with van der Waals surface area (Å²) in [4.78, 5) is 25.6. The SMILES string of the molecule is N=C(C(=O)NCc1ccc(Cl)cc1)C1=C(N)CN(C[C@H]2CCC(=O)N2)C1. The van der Waals surface area contributed by atoms with Crippen LogP contribution in [0.25, 0.3) is 0 Å². The Balaban J connectivity index is 1.51. The molecule has 2 aliphatic heterocycles. The summed E-state index contributed by atoms with van der Waals surface area (Å²) >= 11 is 5.84. The van der Waals surface area contributed by atoms with E-state index < -0.39 is 5.91 Å². The number of hydrogen-bond donors (Lipinski definition) is 4. The summed E-state index contributed by atoms with van der Waals surface area (Å²) in [6.45, 7) is 1.96. The van der Waals surface area contributed by atoms with Gasteiger partial charge in [0.2, 0.25) is 5.91 Å². The number of nitrogens with one attached hydrogen (secondary N) is 3. The Kier molecular flexibility index (Phi) is 5.58. The van der Waals surface area contributed by atoms with E-state index in [-0.39, 0.29) is 17.7 Å². The third-order valence-corrected chi connectivity index (χ3v) is 4.87. The third-order valence-electron chi connectivity index (χ3n) is 4.62. The van der Waals surface area contributed by atoms with Gasteiger partial charge in [-0.3, -0.25) is 19.9 Å². The van der Waals surface area contributed by atoms with E-state index in [1.807, 2.05) is 12.1 Å². The Hall–Kier alpha value is -2.38. The van der Waals surface area contributed by atoms with Gasteiger partial charge in [0.1, 0.15) is 5.71 Å². The molecule has 1 aromatic rings. The maximum Gasteiger partial charge on any atom is 0.269 e. The number of hydrogen-bond acceptors (Lipinski definition) is 5. The monoisotopic (exact) mass is 375 g/mol. The van der Waals surface area contributed by atoms with Crippen LogP contribution in [0.4, 0.5) is 0 Å². The van der Waals surface area contributed by atoms with Gasteiger partial charge >= 0.3 is 0 Å². The largest absolute Gasteiger partial charge is 0.401 e. The molecule has 1 fully saturated rings. The van der Waals surface area contributed by atoms with E-state index in [1.54, 1.807) is 12.1 Å². The molecule has 1 saturated heterocycles. The molecular weight excluding hydrogens is 354 g/mol. The molecule has 2 heterocycles. The fraction of sp³-hybridized carbons (Fsp3) is 0.389. The second-order valence-electron chi connectivity index (χ2n) is 6.66. The molecular formula is C18H22ClN5O2. The second-order valence-corrected chi connectivity index (χ2v) is 7.10. The number of nitrogens with zero attached hydrogens (tertiary/aromatic N) is 1. The molecule has 1 aromatic carbocycles. The van der Waals surface area contributed by atoms with Crippen LogP contribution in [0, 0.1) is 5.41 Å². The minimum atomic E-state index is -0.450. The van der Waals surface area contributed by atoms with Crippen LogP contribution in [0.15, 0.2) is 35.5 Å². The van der Waals surface area contributed by atoms with Gasteiger partial charge < -0.3 is 16.4 Å². The summed E-state index contributed by atoms with van der Waals surface area (Å²) in [5, 5.41) is 14.5. The summed E-state index contributed by atoms with van der Waals surface area (Å²) < 4.78 is 0. The van der Waals surface area contributed by atoms with Crippen molar-refractivity contribution in [2.75, 3.05) is 19.6 Å². The zero-order valence-electron chi connectivity index (χ0n) is 14.3. The normalized spacial score (nSPS) is 20.3. The molecule has 0 radical (unpaired) electrons. The highest BCUT2D eigenvalue weighted by Gasteiger charge is 2.29. The Morgan fingerprint density at radius 1 is 1.35 bits per heavy atom. The lowest BCUT2D eigenvalue weighted by Gasteiger charge is -2.20. The highest BCUT2D eigenvalue weighted by molar-refractivity contribution is 6.44. The van der Waals surface area contributed by atoms with Gasteiger partial charge in [-0.25, -0.2) is 0 Å². The number of rotatable bonds is 6. The number of nitrogens with two attached hydrogens (primary N) is 1. The molecule has 3 rings (SSSR count). The molecule has 5 N–H and O–H groups in total. The van der Waals surface area contributed by atoms with Crippen LogP contribution in [0.2, 0.25) is 5.02 Å². The molecule has 7 nitrogen and oxygen atoms in total. The molecule has 0 saturated carbocycles. The molecule has 26 heavy (non-hydrogen) atoms. The first-order valence-corrected chi connectivity index (χ1v) is 8.91. The van der Waals surface area contributed by atoms with Crippen LogP contribution in [-0.4, -0.2) is 48.1 Å². The first-order valence-electron chi connectivity index (χ1n) is 8.53. The number of halogens is 1. The number of benzene rings is 1. The van der Waals surface area contributed by atoms with Crippen molar-refractivity contribution in [3.63, 3.8) is 0 Å². The van der Waals surface area contributed by atoms with E-state index in [0.29, 0.717) is 48.9 Å². The molecule has 0 aliphatic carbocycles. The maximum absolute atomic E-state index is 12.3. The molecule has 0 spiro atoms. The van der Waals surface area contributed by atoms with E-state index in [0.717, 1.165) is 12.0 Å². The number of carbonyl (C=O) groups excluding carboxylic acids is 2. The van der Waals surface area contributed by atoms with Crippen molar-refractivity contribution in [1.29, 1.82) is 5.41 Å². The summed E-state index contributed by atoms with van der Waals surface area (Å²) in [5.74, 6) is -0.376. The fourth-order valence-corrected chi connectivity index (χ4v) is 3.35. The van der Waals surface area contributed by atoms with Gasteiger partial charge in [-0.1, -0.05) is 23.7 Å². The fourth-order valence-electron chi connectivity index (χ4n) is 3.22. The topological polar surface area (TPSA) is 111 Å². The number of carbonyl (C=O) groups is 2. The smallest absolute Gasteiger partial charge is 0.269 e. The highest BCUT2D eigenvalue weighted by atomic mass is 35.5. The first-order chi connectivity index (χ1) is 12.4. The zero-order chi connectivity index (χ0) is 18.7. The van der Waals surface area contributed by atoms with Crippen LogP contribution in [0.3, 0.4) is 0 Å². The van der Waals surface area contributed by atoms with Gasteiger partial charge in [0.25, 0.3) is 5.91 Å². The Labute approximate surface area is 157 Å². The van der Waals surface area contributed by atoms with Gasteiger partial charge in [0, 0.05) is 54.9 Å². The predicted molar refractivity (Wildman–Crippen MR) is 99.8 cm³/mol. The molecule has 1 atom stereocenters. The van der Waals surface area contributed by atoms with Crippen LogP contribution in [-0.2, 0) is 16.1 Å². The van der Waals surface area contributed by atoms with Crippen LogP contribution < -0.4 is 16.4 Å². The maximum atomic E-state index is 12.3. The summed E-state index contributed by atoms with van der Waals surface area (Å²) in [6, 6.07) is 7.28. The van der Waals surface area contributed by atoms with Gasteiger partial charge in [0.15, 0.2) is 0 Å². The lowest BCUT2D eigenvalue weighted by Crippen LogP contribution is -2.39. The molecule has 2 amide bonds. The van der Waals surface area contributed by atoms with Crippen molar-refractivity contribution in [1.82, 2.24) is 15.5 Å². The quantitative estimate of drug-likeness (QED) is 0.550. The van der Waals surface area contributed by atoms with Gasteiger partial charge in [-0.2, -0.15) is 0 Å². The Bertz CT molecular complexity index is 759. The summed E-state index contributed by atoms with van der Waals surface area (Å²) in [5.41, 5.74) is 7.95. The van der Waals surface area contributed by atoms with Crippen molar-refractivity contribution in [2.24, 2.45) is 5.73 Å². The molecule has 0 bridgehead atoms. The average molecular weight is 376 g/mol. The Morgan fingerprint density at radius 2 is 2.08 bits per heavy atom. The molecule has 138 valence electrons. The summed E-state index contributed by atoms with van der Waals surface area (Å²) in [6.07, 6.45) is 1.36. The van der Waals surface area contributed by atoms with Crippen LogP contribution >= 0.6 is 11.6 Å². The van der Waals surface area contributed by atoms with E-state index in [2.05, 4.69) is 15.5 Å². The van der Waals surface area contributed by atoms with E-state index in [9.17, 15) is 9.59 Å². The average Bonchev–Trinajstić information content (AvgIpc) is 3.19. The van der Waals surface area contributed by atoms with Crippen molar-refractivity contribution in [3.8, 4) is 0 Å². The first kappa shape index (κ1) is 18.4. The minimum absolute atomic E-state index is 0.0738. The minimum Gasteiger partial charge on any atom is -0.401 e. The van der Waals surface area contributed by atoms with Crippen LogP contribution in [0.5, 0.6) is 0 Å². The van der Waals surface area contributed by atoms with Gasteiger partial charge in [0.05, 0.1) is 0 Å². The lowest BCUT2D eigenvalue weighted by atomic mass is 10.1. The highest BCUT2D eigenvalue weighted by Crippen LogP contribution is 2.18. The predicted octanol–water partition coefficient (Wildman–Crippen LogP) is 0.783. The molecule has 0 aromatic heterocycles. The second kappa shape index (κ2) is 7.88. The standard InChI is InChI=1S/C18H22ClN5O2/c19-12-3-1-11(2-4-12)7-22-18(26)17(21)14-9-24(10-15(14)20)8-13-5-6-16(25)23-13/h1-4,13,21H,5-10,20H2,(H,22,26)(H,23,25)/t13-/m1/s1. The summed E-state index contributed by atoms with van der Waals surface area (Å²) in [7, 11) is 0. The molecule has 8 heteroatoms. The van der Waals surface area contributed by atoms with Crippen LogP contribution in [0.1, 0.15) is 18.4 Å². The molecule has 0 unspecified atom stereocenters.